The van der Waals surface area contributed by atoms with Crippen LogP contribution in [0.1, 0.15) is 49.4 Å². The Bertz CT molecular complexity index is 1550. The molecule has 1 aliphatic rings. The highest BCUT2D eigenvalue weighted by Gasteiger charge is 2.17. The predicted molar refractivity (Wildman–Crippen MR) is 144 cm³/mol. The van der Waals surface area contributed by atoms with E-state index in [0.29, 0.717) is 35.3 Å². The molecule has 0 unspecified atom stereocenters. The van der Waals surface area contributed by atoms with Crippen LogP contribution in [0.5, 0.6) is 5.75 Å². The molecule has 2 aromatic heterocycles. The molecule has 1 aliphatic carbocycles. The maximum atomic E-state index is 14.4. The molecule has 204 valence electrons. The molecule has 0 aliphatic heterocycles. The van der Waals surface area contributed by atoms with Gasteiger partial charge in [-0.25, -0.2) is 27.6 Å². The third kappa shape index (κ3) is 6.67. The number of sulfonamides is 1. The van der Waals surface area contributed by atoms with Crippen molar-refractivity contribution in [2.45, 2.75) is 56.6 Å². The smallest absolute Gasteiger partial charge is 0.238 e. The van der Waals surface area contributed by atoms with Crippen molar-refractivity contribution in [3.05, 3.63) is 71.9 Å². The Hall–Kier alpha value is -4.10. The predicted octanol–water partition coefficient (Wildman–Crippen LogP) is 4.73. The molecule has 39 heavy (non-hydrogen) atoms. The third-order valence-corrected chi connectivity index (χ3v) is 7.56. The van der Waals surface area contributed by atoms with Crippen LogP contribution in [0.15, 0.2) is 59.8 Å². The molecule has 0 saturated heterocycles. The largest absolute Gasteiger partial charge is 0.487 e. The minimum Gasteiger partial charge on any atom is -0.487 e. The summed E-state index contributed by atoms with van der Waals surface area (Å²) in [5.41, 5.74) is 2.24. The van der Waals surface area contributed by atoms with Gasteiger partial charge in [-0.2, -0.15) is 4.98 Å². The van der Waals surface area contributed by atoms with Gasteiger partial charge in [0.25, 0.3) is 0 Å². The highest BCUT2D eigenvalue weighted by atomic mass is 32.2. The molecule has 0 atom stereocenters. The minimum absolute atomic E-state index is 0.0240. The maximum absolute atomic E-state index is 14.4. The van der Waals surface area contributed by atoms with Crippen LogP contribution in [0.3, 0.4) is 0 Å². The zero-order valence-electron chi connectivity index (χ0n) is 21.3. The number of primary sulfonamides is 1. The lowest BCUT2D eigenvalue weighted by atomic mass is 9.96. The first-order valence-corrected chi connectivity index (χ1v) is 14.1. The summed E-state index contributed by atoms with van der Waals surface area (Å²) < 4.78 is 45.8. The number of ether oxygens (including phenoxy) is 1. The van der Waals surface area contributed by atoms with Crippen LogP contribution in [-0.2, 0) is 16.6 Å². The number of rotatable bonds is 9. The number of anilines is 4. The number of hydrogen-bond acceptors (Lipinski definition) is 9. The van der Waals surface area contributed by atoms with Crippen molar-refractivity contribution in [1.82, 2.24) is 25.0 Å². The Balaban J connectivity index is 1.21. The first kappa shape index (κ1) is 26.5. The van der Waals surface area contributed by atoms with Gasteiger partial charge in [-0.15, -0.1) is 5.10 Å². The molecule has 11 nitrogen and oxygen atoms in total. The molecule has 0 radical (unpaired) electrons. The second-order valence-electron chi connectivity index (χ2n) is 9.46. The number of hydrogen-bond donors (Lipinski definition) is 3. The van der Waals surface area contributed by atoms with E-state index in [1.54, 1.807) is 43.3 Å². The van der Waals surface area contributed by atoms with Gasteiger partial charge in [0, 0.05) is 11.4 Å². The number of aryl methyl sites for hydroxylation is 1. The standard InChI is InChI=1S/C26H29FN8O3S/c1-17-7-8-19(13-24(17)39(28,36)37)31-26-29-14-23(27)25(32-26)30-18-9-11-22(12-10-18)38-16-20-15-35(34-33-20)21-5-3-2-4-6-21/h7-15,21H,2-6,16H2,1H3,(H2,28,36,37)(H2,29,30,31,32). The average molecular weight is 553 g/mol. The van der Waals surface area contributed by atoms with E-state index in [2.05, 4.69) is 30.9 Å². The number of nitrogens with one attached hydrogen (secondary N) is 2. The third-order valence-electron chi connectivity index (χ3n) is 6.51. The van der Waals surface area contributed by atoms with Crippen molar-refractivity contribution in [2.75, 3.05) is 10.6 Å². The van der Waals surface area contributed by atoms with E-state index < -0.39 is 15.8 Å². The van der Waals surface area contributed by atoms with Crippen molar-refractivity contribution in [1.29, 1.82) is 0 Å². The molecule has 5 rings (SSSR count). The Kier molecular flexibility index (Phi) is 7.70. The first-order chi connectivity index (χ1) is 18.7. The Labute approximate surface area is 225 Å². The van der Waals surface area contributed by atoms with Crippen LogP contribution in [-0.4, -0.2) is 33.4 Å². The topological polar surface area (TPSA) is 150 Å². The van der Waals surface area contributed by atoms with Crippen molar-refractivity contribution in [3.8, 4) is 5.75 Å². The second-order valence-corrected chi connectivity index (χ2v) is 11.0. The highest BCUT2D eigenvalue weighted by Crippen LogP contribution is 2.28. The number of benzene rings is 2. The number of nitrogens with zero attached hydrogens (tertiary/aromatic N) is 5. The number of aromatic nitrogens is 5. The summed E-state index contributed by atoms with van der Waals surface area (Å²) in [6.07, 6.45) is 8.96. The SMILES string of the molecule is Cc1ccc(Nc2ncc(F)c(Nc3ccc(OCc4cn(C5CCCCC5)nn4)cc3)n2)cc1S(N)(=O)=O. The van der Waals surface area contributed by atoms with Gasteiger partial charge in [0.2, 0.25) is 16.0 Å². The van der Waals surface area contributed by atoms with Crippen LogP contribution < -0.4 is 20.5 Å². The quantitative estimate of drug-likeness (QED) is 0.268. The first-order valence-electron chi connectivity index (χ1n) is 12.6. The highest BCUT2D eigenvalue weighted by molar-refractivity contribution is 7.89. The fraction of sp³-hybridized carbons (Fsp3) is 0.308. The number of nitrogens with two attached hydrogens (primary N) is 1. The summed E-state index contributed by atoms with van der Waals surface area (Å²) in [6.45, 7) is 1.93. The lowest BCUT2D eigenvalue weighted by molar-refractivity contribution is 0.301. The van der Waals surface area contributed by atoms with Gasteiger partial charge < -0.3 is 15.4 Å². The summed E-state index contributed by atoms with van der Waals surface area (Å²) in [7, 11) is -3.90. The summed E-state index contributed by atoms with van der Waals surface area (Å²) in [5.74, 6) is -0.0111. The molecule has 1 fully saturated rings. The van der Waals surface area contributed by atoms with Gasteiger partial charge in [-0.1, -0.05) is 30.5 Å². The molecular weight excluding hydrogens is 523 g/mol. The summed E-state index contributed by atoms with van der Waals surface area (Å²) >= 11 is 0. The van der Waals surface area contributed by atoms with Crippen LogP contribution >= 0.6 is 0 Å². The van der Waals surface area contributed by atoms with E-state index in [0.717, 1.165) is 24.7 Å². The molecule has 1 saturated carbocycles. The van der Waals surface area contributed by atoms with Gasteiger partial charge in [0.15, 0.2) is 11.6 Å². The van der Waals surface area contributed by atoms with E-state index in [1.165, 1.54) is 25.3 Å². The Morgan fingerprint density at radius 2 is 1.82 bits per heavy atom. The lowest BCUT2D eigenvalue weighted by Gasteiger charge is -2.20. The van der Waals surface area contributed by atoms with E-state index >= 15 is 0 Å². The summed E-state index contributed by atoms with van der Waals surface area (Å²) in [4.78, 5) is 8.09. The van der Waals surface area contributed by atoms with Gasteiger partial charge in [-0.05, 0) is 61.7 Å². The van der Waals surface area contributed by atoms with Crippen LogP contribution in [0.4, 0.5) is 27.5 Å². The monoisotopic (exact) mass is 552 g/mol. The zero-order chi connectivity index (χ0) is 27.4. The van der Waals surface area contributed by atoms with Crippen molar-refractivity contribution >= 4 is 33.2 Å². The molecule has 13 heteroatoms. The van der Waals surface area contributed by atoms with Gasteiger partial charge in [0.1, 0.15) is 18.1 Å². The van der Waals surface area contributed by atoms with Crippen molar-refractivity contribution < 1.29 is 17.5 Å². The van der Waals surface area contributed by atoms with E-state index in [4.69, 9.17) is 9.88 Å². The molecule has 0 spiro atoms. The molecule has 0 amide bonds. The van der Waals surface area contributed by atoms with Gasteiger partial charge in [0.05, 0.1) is 23.3 Å². The van der Waals surface area contributed by atoms with Crippen LogP contribution in [0.2, 0.25) is 0 Å². The van der Waals surface area contributed by atoms with Crippen molar-refractivity contribution in [3.63, 3.8) is 0 Å². The summed E-state index contributed by atoms with van der Waals surface area (Å²) in [5, 5.41) is 19.6. The Morgan fingerprint density at radius 1 is 1.08 bits per heavy atom. The van der Waals surface area contributed by atoms with E-state index in [-0.39, 0.29) is 16.7 Å². The molecule has 2 aromatic carbocycles. The molecule has 4 N–H and O–H groups in total. The normalized spacial score (nSPS) is 14.2. The molecule has 2 heterocycles. The van der Waals surface area contributed by atoms with Crippen LogP contribution in [0.25, 0.3) is 0 Å². The fourth-order valence-electron chi connectivity index (χ4n) is 4.46. The lowest BCUT2D eigenvalue weighted by Crippen LogP contribution is -2.14. The summed E-state index contributed by atoms with van der Waals surface area (Å²) in [6, 6.07) is 12.0. The van der Waals surface area contributed by atoms with Crippen LogP contribution in [0, 0.1) is 12.7 Å². The van der Waals surface area contributed by atoms with Gasteiger partial charge >= 0.3 is 0 Å². The Morgan fingerprint density at radius 3 is 2.56 bits per heavy atom. The molecule has 4 aromatic rings. The minimum atomic E-state index is -3.90. The van der Waals surface area contributed by atoms with Crippen molar-refractivity contribution in [2.24, 2.45) is 5.14 Å². The van der Waals surface area contributed by atoms with E-state index in [9.17, 15) is 12.8 Å². The molecular formula is C26H29FN8O3S. The molecule has 0 bridgehead atoms. The van der Waals surface area contributed by atoms with E-state index in [1.807, 2.05) is 10.9 Å². The maximum Gasteiger partial charge on any atom is 0.238 e. The average Bonchev–Trinajstić information content (AvgIpc) is 3.40. The second kappa shape index (κ2) is 11.3. The zero-order valence-corrected chi connectivity index (χ0v) is 22.2. The number of halogens is 1. The van der Waals surface area contributed by atoms with Gasteiger partial charge in [-0.3, -0.25) is 0 Å². The fourth-order valence-corrected chi connectivity index (χ4v) is 5.27.